The van der Waals surface area contributed by atoms with Gasteiger partial charge in [0.2, 0.25) is 0 Å². The summed E-state index contributed by atoms with van der Waals surface area (Å²) in [6, 6.07) is 26.7. The summed E-state index contributed by atoms with van der Waals surface area (Å²) in [6.07, 6.45) is 0. The molecule has 0 amide bonds. The van der Waals surface area contributed by atoms with Gasteiger partial charge in [-0.15, -0.1) is 0 Å². The number of benzene rings is 3. The molecule has 0 saturated carbocycles. The fourth-order valence-corrected chi connectivity index (χ4v) is 2.53. The lowest BCUT2D eigenvalue weighted by atomic mass is 10.0. The number of rotatable bonds is 5. The summed E-state index contributed by atoms with van der Waals surface area (Å²) in [7, 11) is 0. The molecule has 0 heterocycles. The molecule has 3 aromatic carbocycles. The Hall–Kier alpha value is -2.58. The first kappa shape index (κ1) is 15.3. The van der Waals surface area contributed by atoms with Gasteiger partial charge in [-0.25, -0.2) is 0 Å². The zero-order chi connectivity index (χ0) is 16.1. The monoisotopic (exact) mass is 303 g/mol. The fraction of sp³-hybridized carbons (Fsp3) is 0.143. The fourth-order valence-electron chi connectivity index (χ4n) is 2.53. The molecule has 0 radical (unpaired) electrons. The van der Waals surface area contributed by atoms with Crippen molar-refractivity contribution < 1.29 is 4.74 Å². The van der Waals surface area contributed by atoms with E-state index in [-0.39, 0.29) is 6.04 Å². The highest BCUT2D eigenvalue weighted by Gasteiger charge is 2.07. The van der Waals surface area contributed by atoms with Crippen LogP contribution < -0.4 is 10.5 Å². The molecule has 0 fully saturated rings. The lowest BCUT2D eigenvalue weighted by molar-refractivity contribution is 0.307. The predicted molar refractivity (Wildman–Crippen MR) is 95.3 cm³/mol. The molecule has 0 unspecified atom stereocenters. The molecule has 3 aromatic rings. The van der Waals surface area contributed by atoms with Crippen molar-refractivity contribution in [3.05, 3.63) is 90.0 Å². The molecule has 3 rings (SSSR count). The Morgan fingerprint density at radius 2 is 1.48 bits per heavy atom. The van der Waals surface area contributed by atoms with E-state index in [1.54, 1.807) is 0 Å². The van der Waals surface area contributed by atoms with Crippen LogP contribution in [0.2, 0.25) is 0 Å². The molecule has 23 heavy (non-hydrogen) atoms. The van der Waals surface area contributed by atoms with Crippen LogP contribution in [0.3, 0.4) is 0 Å². The van der Waals surface area contributed by atoms with E-state index in [1.807, 2.05) is 43.3 Å². The van der Waals surface area contributed by atoms with E-state index in [0.29, 0.717) is 6.61 Å². The van der Waals surface area contributed by atoms with Crippen molar-refractivity contribution in [3.8, 4) is 16.9 Å². The Balaban J connectivity index is 1.82. The van der Waals surface area contributed by atoms with E-state index in [9.17, 15) is 0 Å². The number of ether oxygens (including phenoxy) is 1. The summed E-state index contributed by atoms with van der Waals surface area (Å²) in [4.78, 5) is 0. The van der Waals surface area contributed by atoms with Gasteiger partial charge in [-0.05, 0) is 29.7 Å². The summed E-state index contributed by atoms with van der Waals surface area (Å²) < 4.78 is 6.03. The van der Waals surface area contributed by atoms with Crippen LogP contribution >= 0.6 is 0 Å². The van der Waals surface area contributed by atoms with Crippen molar-refractivity contribution in [2.24, 2.45) is 5.73 Å². The van der Waals surface area contributed by atoms with Crippen molar-refractivity contribution in [2.75, 3.05) is 0 Å². The standard InChI is InChI=1S/C21H21NO/c1-16(22)18-11-13-19(14-12-18)20-9-5-6-10-21(20)23-15-17-7-3-2-4-8-17/h2-14,16H,15,22H2,1H3/t16-/m0/s1. The van der Waals surface area contributed by atoms with E-state index in [4.69, 9.17) is 10.5 Å². The topological polar surface area (TPSA) is 35.2 Å². The maximum absolute atomic E-state index is 6.03. The third-order valence-corrected chi connectivity index (χ3v) is 3.87. The van der Waals surface area contributed by atoms with Crippen LogP contribution in [0.1, 0.15) is 24.1 Å². The van der Waals surface area contributed by atoms with Crippen LogP contribution in [0.5, 0.6) is 5.75 Å². The Labute approximate surface area is 137 Å². The molecule has 0 aliphatic carbocycles. The van der Waals surface area contributed by atoms with Gasteiger partial charge in [-0.2, -0.15) is 0 Å². The second kappa shape index (κ2) is 7.12. The summed E-state index contributed by atoms with van der Waals surface area (Å²) >= 11 is 0. The summed E-state index contributed by atoms with van der Waals surface area (Å²) in [5, 5.41) is 0. The van der Waals surface area contributed by atoms with Gasteiger partial charge in [-0.1, -0.05) is 72.8 Å². The van der Waals surface area contributed by atoms with Gasteiger partial charge in [0, 0.05) is 11.6 Å². The molecule has 0 bridgehead atoms. The minimum atomic E-state index is 0.0497. The SMILES string of the molecule is C[C@H](N)c1ccc(-c2ccccc2OCc2ccccc2)cc1. The highest BCUT2D eigenvalue weighted by Crippen LogP contribution is 2.31. The van der Waals surface area contributed by atoms with Crippen LogP contribution in [0.25, 0.3) is 11.1 Å². The Bertz CT molecular complexity index is 748. The molecule has 2 nitrogen and oxygen atoms in total. The molecular formula is C21H21NO. The van der Waals surface area contributed by atoms with Crippen molar-refractivity contribution in [1.82, 2.24) is 0 Å². The van der Waals surface area contributed by atoms with Crippen molar-refractivity contribution in [3.63, 3.8) is 0 Å². The van der Waals surface area contributed by atoms with Crippen molar-refractivity contribution in [1.29, 1.82) is 0 Å². The molecule has 0 aliphatic heterocycles. The van der Waals surface area contributed by atoms with E-state index in [1.165, 1.54) is 0 Å². The first-order chi connectivity index (χ1) is 11.2. The highest BCUT2D eigenvalue weighted by molar-refractivity contribution is 5.70. The highest BCUT2D eigenvalue weighted by atomic mass is 16.5. The van der Waals surface area contributed by atoms with Gasteiger partial charge in [0.05, 0.1) is 0 Å². The van der Waals surface area contributed by atoms with E-state index in [0.717, 1.165) is 28.0 Å². The molecule has 0 aliphatic rings. The zero-order valence-electron chi connectivity index (χ0n) is 13.3. The first-order valence-electron chi connectivity index (χ1n) is 7.86. The molecule has 2 heteroatoms. The van der Waals surface area contributed by atoms with Crippen LogP contribution in [0.4, 0.5) is 0 Å². The lowest BCUT2D eigenvalue weighted by Crippen LogP contribution is -2.04. The minimum absolute atomic E-state index is 0.0497. The smallest absolute Gasteiger partial charge is 0.127 e. The second-order valence-electron chi connectivity index (χ2n) is 5.68. The lowest BCUT2D eigenvalue weighted by Gasteiger charge is -2.13. The Morgan fingerprint density at radius 1 is 0.826 bits per heavy atom. The van der Waals surface area contributed by atoms with E-state index < -0.39 is 0 Å². The van der Waals surface area contributed by atoms with Gasteiger partial charge in [0.25, 0.3) is 0 Å². The van der Waals surface area contributed by atoms with Gasteiger partial charge in [0.15, 0.2) is 0 Å². The summed E-state index contributed by atoms with van der Waals surface area (Å²) in [5.41, 5.74) is 10.5. The molecule has 2 N–H and O–H groups in total. The zero-order valence-corrected chi connectivity index (χ0v) is 13.3. The molecular weight excluding hydrogens is 282 g/mol. The van der Waals surface area contributed by atoms with Crippen LogP contribution in [-0.2, 0) is 6.61 Å². The normalized spacial score (nSPS) is 11.9. The van der Waals surface area contributed by atoms with E-state index >= 15 is 0 Å². The average Bonchev–Trinajstić information content (AvgIpc) is 2.61. The largest absolute Gasteiger partial charge is 0.488 e. The third kappa shape index (κ3) is 3.79. The average molecular weight is 303 g/mol. The molecule has 0 aromatic heterocycles. The van der Waals surface area contributed by atoms with Crippen LogP contribution in [-0.4, -0.2) is 0 Å². The number of para-hydroxylation sites is 1. The van der Waals surface area contributed by atoms with Gasteiger partial charge < -0.3 is 10.5 Å². The maximum atomic E-state index is 6.03. The molecule has 116 valence electrons. The van der Waals surface area contributed by atoms with Crippen molar-refractivity contribution >= 4 is 0 Å². The molecule has 1 atom stereocenters. The van der Waals surface area contributed by atoms with Crippen molar-refractivity contribution in [2.45, 2.75) is 19.6 Å². The van der Waals surface area contributed by atoms with Gasteiger partial charge >= 0.3 is 0 Å². The van der Waals surface area contributed by atoms with E-state index in [2.05, 4.69) is 42.5 Å². The maximum Gasteiger partial charge on any atom is 0.127 e. The van der Waals surface area contributed by atoms with Crippen LogP contribution in [0, 0.1) is 0 Å². The number of hydrogen-bond acceptors (Lipinski definition) is 2. The predicted octanol–water partition coefficient (Wildman–Crippen LogP) is 4.95. The van der Waals surface area contributed by atoms with Gasteiger partial charge in [-0.3, -0.25) is 0 Å². The summed E-state index contributed by atoms with van der Waals surface area (Å²) in [6.45, 7) is 2.56. The summed E-state index contributed by atoms with van der Waals surface area (Å²) in [5.74, 6) is 0.893. The second-order valence-corrected chi connectivity index (χ2v) is 5.68. The number of nitrogens with two attached hydrogens (primary N) is 1. The Morgan fingerprint density at radius 3 is 2.17 bits per heavy atom. The minimum Gasteiger partial charge on any atom is -0.488 e. The quantitative estimate of drug-likeness (QED) is 0.723. The van der Waals surface area contributed by atoms with Gasteiger partial charge in [0.1, 0.15) is 12.4 Å². The Kier molecular flexibility index (Phi) is 4.74. The molecule has 0 spiro atoms. The third-order valence-electron chi connectivity index (χ3n) is 3.87. The first-order valence-corrected chi connectivity index (χ1v) is 7.86. The van der Waals surface area contributed by atoms with Crippen LogP contribution in [0.15, 0.2) is 78.9 Å². The number of hydrogen-bond donors (Lipinski definition) is 1. The molecule has 0 saturated heterocycles.